The van der Waals surface area contributed by atoms with Crippen LogP contribution >= 0.6 is 0 Å². The van der Waals surface area contributed by atoms with Crippen LogP contribution in [0.3, 0.4) is 0 Å². The molecule has 1 aromatic carbocycles. The van der Waals surface area contributed by atoms with Crippen molar-refractivity contribution in [3.8, 4) is 0 Å². The van der Waals surface area contributed by atoms with E-state index in [0.29, 0.717) is 12.5 Å². The minimum absolute atomic E-state index is 0.141. The van der Waals surface area contributed by atoms with Gasteiger partial charge in [-0.15, -0.1) is 0 Å². The van der Waals surface area contributed by atoms with Crippen LogP contribution in [0, 0.1) is 11.8 Å². The Morgan fingerprint density at radius 3 is 2.95 bits per heavy atom. The van der Waals surface area contributed by atoms with Gasteiger partial charge in [0.05, 0.1) is 0 Å². The highest BCUT2D eigenvalue weighted by molar-refractivity contribution is 5.85. The third-order valence-electron chi connectivity index (χ3n) is 5.79. The molecule has 3 aliphatic carbocycles. The zero-order chi connectivity index (χ0) is 14.4. The Morgan fingerprint density at radius 1 is 1.38 bits per heavy atom. The van der Waals surface area contributed by atoms with Crippen molar-refractivity contribution in [1.29, 1.82) is 0 Å². The number of hydrogen-bond donors (Lipinski definition) is 2. The van der Waals surface area contributed by atoms with Crippen LogP contribution in [0.1, 0.15) is 43.2 Å². The third kappa shape index (κ3) is 2.18. The highest BCUT2D eigenvalue weighted by atomic mass is 16.2. The third-order valence-corrected chi connectivity index (χ3v) is 5.79. The summed E-state index contributed by atoms with van der Waals surface area (Å²) < 4.78 is 0. The number of aryl methyl sites for hydroxylation is 1. The van der Waals surface area contributed by atoms with Crippen molar-refractivity contribution in [3.05, 3.63) is 35.4 Å². The number of benzene rings is 1. The molecule has 1 amide bonds. The Hall–Kier alpha value is -1.35. The number of carbonyl (C=O) groups is 1. The maximum atomic E-state index is 12.6. The van der Waals surface area contributed by atoms with Crippen LogP contribution in [0.15, 0.2) is 24.3 Å². The van der Waals surface area contributed by atoms with Gasteiger partial charge >= 0.3 is 0 Å². The standard InChI is InChI=1S/C18H24N2O/c19-11-16(13-7-8-13)20-17(21)15-10-18(15)9-3-5-12-4-1-2-6-14(12)18/h1-2,4,6,13,15-16H,3,5,7-11,19H2,(H,20,21). The van der Waals surface area contributed by atoms with Crippen LogP contribution in [0.2, 0.25) is 0 Å². The molecule has 2 saturated carbocycles. The molecular formula is C18H24N2O. The quantitative estimate of drug-likeness (QED) is 0.890. The maximum Gasteiger partial charge on any atom is 0.224 e. The lowest BCUT2D eigenvalue weighted by Gasteiger charge is -2.27. The SMILES string of the molecule is NCC(NC(=O)C1CC12CCCc1ccccc12)C1CC1. The second-order valence-corrected chi connectivity index (χ2v) is 7.11. The zero-order valence-electron chi connectivity index (χ0n) is 12.5. The molecule has 3 unspecified atom stereocenters. The van der Waals surface area contributed by atoms with Crippen LogP contribution in [0.4, 0.5) is 0 Å². The van der Waals surface area contributed by atoms with Gasteiger partial charge in [0.25, 0.3) is 0 Å². The van der Waals surface area contributed by atoms with Gasteiger partial charge in [0.15, 0.2) is 0 Å². The van der Waals surface area contributed by atoms with Crippen molar-refractivity contribution in [2.75, 3.05) is 6.54 Å². The summed E-state index contributed by atoms with van der Waals surface area (Å²) in [5.41, 5.74) is 8.85. The first-order valence-corrected chi connectivity index (χ1v) is 8.33. The molecule has 3 aliphatic rings. The Balaban J connectivity index is 1.51. The van der Waals surface area contributed by atoms with E-state index in [9.17, 15) is 4.79 Å². The van der Waals surface area contributed by atoms with Crippen molar-refractivity contribution in [1.82, 2.24) is 5.32 Å². The summed E-state index contributed by atoms with van der Waals surface area (Å²) in [6, 6.07) is 8.91. The highest BCUT2D eigenvalue weighted by Crippen LogP contribution is 2.60. The number of amides is 1. The van der Waals surface area contributed by atoms with E-state index in [-0.39, 0.29) is 23.3 Å². The van der Waals surface area contributed by atoms with Gasteiger partial charge in [-0.1, -0.05) is 24.3 Å². The van der Waals surface area contributed by atoms with Crippen LogP contribution < -0.4 is 11.1 Å². The fraction of sp³-hybridized carbons (Fsp3) is 0.611. The van der Waals surface area contributed by atoms with E-state index in [1.807, 2.05) is 0 Å². The van der Waals surface area contributed by atoms with E-state index in [0.717, 1.165) is 6.42 Å². The van der Waals surface area contributed by atoms with Crippen LogP contribution in [0.25, 0.3) is 0 Å². The van der Waals surface area contributed by atoms with E-state index < -0.39 is 0 Å². The molecule has 21 heavy (non-hydrogen) atoms. The summed E-state index contributed by atoms with van der Waals surface area (Å²) in [6.45, 7) is 0.576. The fourth-order valence-corrected chi connectivity index (χ4v) is 4.33. The molecule has 3 atom stereocenters. The first-order chi connectivity index (χ1) is 10.2. The Bertz CT molecular complexity index is 566. The second-order valence-electron chi connectivity index (χ2n) is 7.11. The van der Waals surface area contributed by atoms with Crippen LogP contribution in [-0.4, -0.2) is 18.5 Å². The predicted octanol–water partition coefficient (Wildman–Crippen LogP) is 2.13. The summed E-state index contributed by atoms with van der Waals surface area (Å²) in [6.07, 6.45) is 7.02. The highest BCUT2D eigenvalue weighted by Gasteiger charge is 2.60. The van der Waals surface area contributed by atoms with E-state index in [1.54, 1.807) is 0 Å². The fourth-order valence-electron chi connectivity index (χ4n) is 4.33. The van der Waals surface area contributed by atoms with Crippen molar-refractivity contribution >= 4 is 5.91 Å². The van der Waals surface area contributed by atoms with Gasteiger partial charge in [-0.2, -0.15) is 0 Å². The molecule has 3 nitrogen and oxygen atoms in total. The van der Waals surface area contributed by atoms with Crippen molar-refractivity contribution < 1.29 is 4.79 Å². The molecule has 1 spiro atoms. The molecule has 2 fully saturated rings. The molecule has 0 aromatic heterocycles. The van der Waals surface area contributed by atoms with E-state index in [4.69, 9.17) is 5.73 Å². The van der Waals surface area contributed by atoms with Gasteiger partial charge in [0, 0.05) is 23.9 Å². The minimum atomic E-state index is 0.141. The topological polar surface area (TPSA) is 55.1 Å². The molecule has 3 heteroatoms. The molecule has 3 N–H and O–H groups in total. The average Bonchev–Trinajstić information content (AvgIpc) is 3.40. The number of nitrogens with one attached hydrogen (secondary N) is 1. The van der Waals surface area contributed by atoms with Crippen molar-refractivity contribution in [2.24, 2.45) is 17.6 Å². The number of nitrogens with two attached hydrogens (primary N) is 1. The Morgan fingerprint density at radius 2 is 2.19 bits per heavy atom. The largest absolute Gasteiger partial charge is 0.352 e. The summed E-state index contributed by atoms with van der Waals surface area (Å²) in [7, 11) is 0. The van der Waals surface area contributed by atoms with Gasteiger partial charge in [-0.25, -0.2) is 0 Å². The summed E-state index contributed by atoms with van der Waals surface area (Å²) in [5.74, 6) is 1.05. The van der Waals surface area contributed by atoms with Gasteiger partial charge in [-0.05, 0) is 55.6 Å². The van der Waals surface area contributed by atoms with E-state index >= 15 is 0 Å². The molecule has 0 heterocycles. The van der Waals surface area contributed by atoms with Crippen LogP contribution in [0.5, 0.6) is 0 Å². The molecule has 0 aliphatic heterocycles. The molecule has 0 bridgehead atoms. The molecular weight excluding hydrogens is 260 g/mol. The van der Waals surface area contributed by atoms with Crippen LogP contribution in [-0.2, 0) is 16.6 Å². The van der Waals surface area contributed by atoms with Gasteiger partial charge < -0.3 is 11.1 Å². The predicted molar refractivity (Wildman–Crippen MR) is 82.9 cm³/mol. The number of rotatable bonds is 4. The normalized spacial score (nSPS) is 31.6. The van der Waals surface area contributed by atoms with Gasteiger partial charge in [-0.3, -0.25) is 4.79 Å². The first kappa shape index (κ1) is 13.3. The smallest absolute Gasteiger partial charge is 0.224 e. The summed E-state index contributed by atoms with van der Waals surface area (Å²) in [5, 5.41) is 3.23. The number of carbonyl (C=O) groups excluding carboxylic acids is 1. The zero-order valence-corrected chi connectivity index (χ0v) is 12.5. The maximum absolute atomic E-state index is 12.6. The van der Waals surface area contributed by atoms with Gasteiger partial charge in [0.1, 0.15) is 0 Å². The monoisotopic (exact) mass is 284 g/mol. The average molecular weight is 284 g/mol. The van der Waals surface area contributed by atoms with E-state index in [2.05, 4.69) is 29.6 Å². The molecule has 112 valence electrons. The summed E-state index contributed by atoms with van der Waals surface area (Å²) in [4.78, 5) is 12.6. The molecule has 0 radical (unpaired) electrons. The number of fused-ring (bicyclic) bond motifs is 2. The lowest BCUT2D eigenvalue weighted by molar-refractivity contribution is -0.123. The molecule has 4 rings (SSSR count). The van der Waals surface area contributed by atoms with E-state index in [1.165, 1.54) is 43.2 Å². The second kappa shape index (κ2) is 4.84. The van der Waals surface area contributed by atoms with Gasteiger partial charge in [0.2, 0.25) is 5.91 Å². The minimum Gasteiger partial charge on any atom is -0.352 e. The Labute approximate surface area is 126 Å². The lowest BCUT2D eigenvalue weighted by Crippen LogP contribution is -2.43. The summed E-state index contributed by atoms with van der Waals surface area (Å²) >= 11 is 0. The lowest BCUT2D eigenvalue weighted by atomic mass is 9.78. The van der Waals surface area contributed by atoms with Crippen molar-refractivity contribution in [3.63, 3.8) is 0 Å². The van der Waals surface area contributed by atoms with Crippen molar-refractivity contribution in [2.45, 2.75) is 50.0 Å². The first-order valence-electron chi connectivity index (χ1n) is 8.33. The Kier molecular flexibility index (Phi) is 3.07. The number of hydrogen-bond acceptors (Lipinski definition) is 2. The molecule has 1 aromatic rings. The molecule has 0 saturated heterocycles.